The molecule has 0 spiro atoms. The van der Waals surface area contributed by atoms with Gasteiger partial charge in [0.15, 0.2) is 0 Å². The quantitative estimate of drug-likeness (QED) is 0.0547. The Bertz CT molecular complexity index is 527. The highest BCUT2D eigenvalue weighted by Gasteiger charge is 2.06. The molecular weight excluding hydrogens is 544 g/mol. The summed E-state index contributed by atoms with van der Waals surface area (Å²) in [4.78, 5) is 14.6. The van der Waals surface area contributed by atoms with Crippen LogP contribution in [0.1, 0.15) is 194 Å². The van der Waals surface area contributed by atoms with E-state index in [2.05, 4.69) is 31.0 Å². The molecule has 0 radical (unpaired) electrons. The van der Waals surface area contributed by atoms with E-state index in [9.17, 15) is 4.79 Å². The van der Waals surface area contributed by atoms with Gasteiger partial charge in [0, 0.05) is 19.5 Å². The topological polar surface area (TPSA) is 50.8 Å². The van der Waals surface area contributed by atoms with Gasteiger partial charge in [0.05, 0.1) is 19.8 Å². The molecule has 0 heterocycles. The van der Waals surface area contributed by atoms with Crippen molar-refractivity contribution < 1.29 is 14.3 Å². The number of nitrogens with one attached hydrogen (secondary N) is 1. The molecule has 5 nitrogen and oxygen atoms in total. The lowest BCUT2D eigenvalue weighted by atomic mass is 10.1. The van der Waals surface area contributed by atoms with Crippen molar-refractivity contribution in [3.05, 3.63) is 0 Å². The van der Waals surface area contributed by atoms with Crippen molar-refractivity contribution >= 4 is 5.97 Å². The Balaban J connectivity index is 3.66. The molecular formula is C39H80N2O3. The highest BCUT2D eigenvalue weighted by molar-refractivity contribution is 5.69. The summed E-state index contributed by atoms with van der Waals surface area (Å²) < 4.78 is 11.4. The highest BCUT2D eigenvalue weighted by atomic mass is 16.5. The Morgan fingerprint density at radius 1 is 0.455 bits per heavy atom. The van der Waals surface area contributed by atoms with E-state index in [1.165, 1.54) is 161 Å². The number of hydrogen-bond acceptors (Lipinski definition) is 5. The molecule has 0 rings (SSSR count). The fraction of sp³-hybridized carbons (Fsp3) is 0.974. The number of hydrogen-bond donors (Lipinski definition) is 1. The summed E-state index contributed by atoms with van der Waals surface area (Å²) in [6.07, 6.45) is 34.5. The minimum atomic E-state index is -0.00335. The summed E-state index contributed by atoms with van der Waals surface area (Å²) in [7, 11) is 0. The monoisotopic (exact) mass is 625 g/mol. The highest BCUT2D eigenvalue weighted by Crippen LogP contribution is 2.11. The fourth-order valence-electron chi connectivity index (χ4n) is 5.85. The average molecular weight is 625 g/mol. The molecule has 0 aliphatic heterocycles. The van der Waals surface area contributed by atoms with E-state index in [-0.39, 0.29) is 5.97 Å². The molecule has 44 heavy (non-hydrogen) atoms. The Labute approximate surface area is 276 Å². The summed E-state index contributed by atoms with van der Waals surface area (Å²) in [6, 6.07) is 0. The number of rotatable bonds is 38. The number of unbranched alkanes of at least 4 members (excludes halogenated alkanes) is 22. The van der Waals surface area contributed by atoms with E-state index >= 15 is 0 Å². The molecule has 0 unspecified atom stereocenters. The molecule has 0 bridgehead atoms. The predicted molar refractivity (Wildman–Crippen MR) is 193 cm³/mol. The van der Waals surface area contributed by atoms with Gasteiger partial charge in [0.2, 0.25) is 0 Å². The van der Waals surface area contributed by atoms with Gasteiger partial charge in [-0.1, -0.05) is 156 Å². The number of carbonyl (C=O) groups excluding carboxylic acids is 1. The maximum atomic E-state index is 11.9. The van der Waals surface area contributed by atoms with Gasteiger partial charge in [0.25, 0.3) is 0 Å². The number of esters is 1. The molecule has 0 saturated heterocycles. The Hall–Kier alpha value is -0.650. The molecule has 0 aromatic carbocycles. The van der Waals surface area contributed by atoms with Crippen LogP contribution in [-0.4, -0.2) is 63.4 Å². The van der Waals surface area contributed by atoms with Gasteiger partial charge < -0.3 is 19.7 Å². The normalized spacial score (nSPS) is 11.5. The SMILES string of the molecule is CCCCCCCCCOC(=O)CCCCCCCNCCOCCN(CCCCCCCCC)CCCCCCCCC. The second kappa shape index (κ2) is 38.5. The molecule has 0 aliphatic rings. The maximum Gasteiger partial charge on any atom is 0.305 e. The summed E-state index contributed by atoms with van der Waals surface area (Å²) in [5.41, 5.74) is 0. The fourth-order valence-corrected chi connectivity index (χ4v) is 5.85. The van der Waals surface area contributed by atoms with Crippen molar-refractivity contribution in [1.29, 1.82) is 0 Å². The molecule has 5 heteroatoms. The molecule has 1 N–H and O–H groups in total. The largest absolute Gasteiger partial charge is 0.466 e. The van der Waals surface area contributed by atoms with Crippen molar-refractivity contribution in [3.63, 3.8) is 0 Å². The lowest BCUT2D eigenvalue weighted by Gasteiger charge is -2.22. The average Bonchev–Trinajstić information content (AvgIpc) is 3.03. The van der Waals surface area contributed by atoms with Crippen molar-refractivity contribution in [2.75, 3.05) is 52.5 Å². The van der Waals surface area contributed by atoms with Crippen LogP contribution in [0.5, 0.6) is 0 Å². The first kappa shape index (κ1) is 43.4. The van der Waals surface area contributed by atoms with Gasteiger partial charge in [-0.3, -0.25) is 4.79 Å². The van der Waals surface area contributed by atoms with E-state index in [1.54, 1.807) is 0 Å². The second-order valence-electron chi connectivity index (χ2n) is 13.3. The van der Waals surface area contributed by atoms with E-state index in [4.69, 9.17) is 9.47 Å². The van der Waals surface area contributed by atoms with Gasteiger partial charge in [-0.05, 0) is 51.7 Å². The van der Waals surface area contributed by atoms with Crippen molar-refractivity contribution in [3.8, 4) is 0 Å². The third kappa shape index (κ3) is 35.8. The van der Waals surface area contributed by atoms with Crippen molar-refractivity contribution in [2.45, 2.75) is 194 Å². The molecule has 0 atom stereocenters. The van der Waals surface area contributed by atoms with Gasteiger partial charge >= 0.3 is 5.97 Å². The van der Waals surface area contributed by atoms with Gasteiger partial charge in [-0.15, -0.1) is 0 Å². The lowest BCUT2D eigenvalue weighted by Crippen LogP contribution is -2.31. The first-order valence-electron chi connectivity index (χ1n) is 19.9. The van der Waals surface area contributed by atoms with Crippen LogP contribution in [0.25, 0.3) is 0 Å². The third-order valence-electron chi connectivity index (χ3n) is 8.88. The van der Waals surface area contributed by atoms with Crippen LogP contribution >= 0.6 is 0 Å². The Morgan fingerprint density at radius 3 is 1.45 bits per heavy atom. The second-order valence-corrected chi connectivity index (χ2v) is 13.3. The standard InChI is InChI=1S/C39H80N2O3/c1-4-7-10-13-16-22-27-33-41(34-28-23-17-14-11-8-5-2)35-38-43-37-32-40-31-26-21-19-20-25-30-39(42)44-36-29-24-18-15-12-9-6-3/h40H,4-38H2,1-3H3. The zero-order chi connectivity index (χ0) is 32.0. The molecule has 264 valence electrons. The van der Waals surface area contributed by atoms with Crippen molar-refractivity contribution in [1.82, 2.24) is 10.2 Å². The van der Waals surface area contributed by atoms with E-state index in [0.29, 0.717) is 13.0 Å². The van der Waals surface area contributed by atoms with Crippen molar-refractivity contribution in [2.24, 2.45) is 0 Å². The summed E-state index contributed by atoms with van der Waals surface area (Å²) in [5, 5.41) is 3.54. The van der Waals surface area contributed by atoms with Crippen LogP contribution in [0.4, 0.5) is 0 Å². The summed E-state index contributed by atoms with van der Waals surface area (Å²) in [6.45, 7) is 14.7. The zero-order valence-electron chi connectivity index (χ0n) is 30.4. The van der Waals surface area contributed by atoms with Crippen LogP contribution in [0.2, 0.25) is 0 Å². The summed E-state index contributed by atoms with van der Waals surface area (Å²) in [5.74, 6) is -0.00335. The van der Waals surface area contributed by atoms with Crippen LogP contribution < -0.4 is 5.32 Å². The third-order valence-corrected chi connectivity index (χ3v) is 8.88. The minimum absolute atomic E-state index is 0.00335. The van der Waals surface area contributed by atoms with E-state index < -0.39 is 0 Å². The first-order chi connectivity index (χ1) is 21.7. The maximum absolute atomic E-state index is 11.9. The van der Waals surface area contributed by atoms with Crippen LogP contribution in [-0.2, 0) is 14.3 Å². The number of nitrogens with zero attached hydrogens (tertiary/aromatic N) is 1. The Morgan fingerprint density at radius 2 is 0.909 bits per heavy atom. The lowest BCUT2D eigenvalue weighted by molar-refractivity contribution is -0.143. The number of carbonyl (C=O) groups is 1. The Kier molecular flexibility index (Phi) is 38.0. The molecule has 0 fully saturated rings. The van der Waals surface area contributed by atoms with E-state index in [1.807, 2.05) is 0 Å². The smallest absolute Gasteiger partial charge is 0.305 e. The zero-order valence-corrected chi connectivity index (χ0v) is 30.4. The molecule has 0 saturated carbocycles. The van der Waals surface area contributed by atoms with Gasteiger partial charge in [-0.25, -0.2) is 0 Å². The molecule has 0 amide bonds. The number of ether oxygens (including phenoxy) is 2. The predicted octanol–water partition coefficient (Wildman–Crippen LogP) is 11.0. The molecule has 0 aromatic heterocycles. The van der Waals surface area contributed by atoms with Crippen LogP contribution in [0.3, 0.4) is 0 Å². The minimum Gasteiger partial charge on any atom is -0.466 e. The van der Waals surface area contributed by atoms with Gasteiger partial charge in [0.1, 0.15) is 0 Å². The van der Waals surface area contributed by atoms with E-state index in [0.717, 1.165) is 52.1 Å². The van der Waals surface area contributed by atoms with Crippen LogP contribution in [0, 0.1) is 0 Å². The summed E-state index contributed by atoms with van der Waals surface area (Å²) >= 11 is 0. The molecule has 0 aromatic rings. The van der Waals surface area contributed by atoms with Gasteiger partial charge in [-0.2, -0.15) is 0 Å². The first-order valence-corrected chi connectivity index (χ1v) is 19.9. The molecule has 0 aliphatic carbocycles. The van der Waals surface area contributed by atoms with Crippen LogP contribution in [0.15, 0.2) is 0 Å².